The Balaban J connectivity index is 1.99. The number of carbonyl (C=O) groups is 2. The molecule has 0 aromatic heterocycles. The van der Waals surface area contributed by atoms with Crippen molar-refractivity contribution >= 4 is 18.8 Å². The predicted octanol–water partition coefficient (Wildman–Crippen LogP) is 0.490. The molecule has 2 aliphatic heterocycles. The number of ether oxygens (including phenoxy) is 1. The molecule has 0 aliphatic carbocycles. The highest BCUT2D eigenvalue weighted by molar-refractivity contribution is 5.73. The van der Waals surface area contributed by atoms with Gasteiger partial charge < -0.3 is 14.7 Å². The molecule has 0 aromatic rings. The second kappa shape index (κ2) is 7.59. The standard InChI is InChI=1S/C15H20N4O4/c1-3-13(19-8-14(9-20)23-15(19)22)5-4-12(2)17-6-7-18(11-21)16-10-17/h3-5,10-11,14,20H,2,6-9H2,1H3. The molecule has 0 saturated carbocycles. The fraction of sp³-hybridized carbons (Fsp3) is 0.400. The quantitative estimate of drug-likeness (QED) is 0.569. The van der Waals surface area contributed by atoms with Crippen LogP contribution >= 0.6 is 0 Å². The monoisotopic (exact) mass is 320 g/mol. The Morgan fingerprint density at radius 3 is 2.83 bits per heavy atom. The number of hydrogen-bond acceptors (Lipinski definition) is 6. The lowest BCUT2D eigenvalue weighted by atomic mass is 10.2. The predicted molar refractivity (Wildman–Crippen MR) is 84.1 cm³/mol. The first-order chi connectivity index (χ1) is 11.1. The highest BCUT2D eigenvalue weighted by Gasteiger charge is 2.32. The summed E-state index contributed by atoms with van der Waals surface area (Å²) in [6.07, 6.45) is 6.52. The van der Waals surface area contributed by atoms with Crippen LogP contribution in [0.5, 0.6) is 0 Å². The Morgan fingerprint density at radius 1 is 1.52 bits per heavy atom. The van der Waals surface area contributed by atoms with E-state index in [1.807, 2.05) is 11.8 Å². The van der Waals surface area contributed by atoms with Crippen LogP contribution in [-0.4, -0.2) is 71.1 Å². The second-order valence-corrected chi connectivity index (χ2v) is 5.03. The Morgan fingerprint density at radius 2 is 2.30 bits per heavy atom. The summed E-state index contributed by atoms with van der Waals surface area (Å²) in [5, 5.41) is 14.3. The van der Waals surface area contributed by atoms with Gasteiger partial charge in [0.05, 0.1) is 19.7 Å². The SMILES string of the molecule is C=C(C=CC(=CC)N1CC(CO)OC1=O)N1C=NN(C=O)CC1. The number of hydrogen-bond donors (Lipinski definition) is 1. The lowest BCUT2D eigenvalue weighted by molar-refractivity contribution is -0.118. The average Bonchev–Trinajstić information content (AvgIpc) is 2.96. The van der Waals surface area contributed by atoms with Crippen LogP contribution in [-0.2, 0) is 9.53 Å². The van der Waals surface area contributed by atoms with Crippen LogP contribution in [0.4, 0.5) is 4.79 Å². The number of nitrogens with zero attached hydrogens (tertiary/aromatic N) is 4. The molecule has 8 heteroatoms. The summed E-state index contributed by atoms with van der Waals surface area (Å²) < 4.78 is 5.02. The van der Waals surface area contributed by atoms with Crippen molar-refractivity contribution < 1.29 is 19.4 Å². The third kappa shape index (κ3) is 3.98. The van der Waals surface area contributed by atoms with Gasteiger partial charge in [-0.15, -0.1) is 0 Å². The third-order valence-corrected chi connectivity index (χ3v) is 3.53. The summed E-state index contributed by atoms with van der Waals surface area (Å²) in [7, 11) is 0. The van der Waals surface area contributed by atoms with Crippen LogP contribution in [0.25, 0.3) is 0 Å². The number of carbonyl (C=O) groups excluding carboxylic acids is 2. The van der Waals surface area contributed by atoms with E-state index in [9.17, 15) is 9.59 Å². The molecule has 2 rings (SSSR count). The lowest BCUT2D eigenvalue weighted by Crippen LogP contribution is -2.36. The molecule has 8 nitrogen and oxygen atoms in total. The summed E-state index contributed by atoms with van der Waals surface area (Å²) in [4.78, 5) is 25.7. The number of hydrazone groups is 1. The van der Waals surface area contributed by atoms with E-state index < -0.39 is 12.2 Å². The molecule has 0 aromatic carbocycles. The number of allylic oxidation sites excluding steroid dienone is 3. The van der Waals surface area contributed by atoms with Crippen molar-refractivity contribution in [1.82, 2.24) is 14.8 Å². The normalized spacial score (nSPS) is 22.0. The topological polar surface area (TPSA) is 85.7 Å². The minimum absolute atomic E-state index is 0.201. The zero-order chi connectivity index (χ0) is 16.8. The van der Waals surface area contributed by atoms with Crippen LogP contribution in [0.2, 0.25) is 0 Å². The Kier molecular flexibility index (Phi) is 5.53. The fourth-order valence-corrected chi connectivity index (χ4v) is 2.20. The Bertz CT molecular complexity index is 570. The van der Waals surface area contributed by atoms with E-state index in [1.165, 1.54) is 16.2 Å². The van der Waals surface area contributed by atoms with Crippen molar-refractivity contribution in [1.29, 1.82) is 0 Å². The molecule has 1 atom stereocenters. The van der Waals surface area contributed by atoms with Crippen molar-refractivity contribution in [2.45, 2.75) is 13.0 Å². The molecule has 0 bridgehead atoms. The van der Waals surface area contributed by atoms with E-state index in [1.54, 1.807) is 18.2 Å². The first-order valence-corrected chi connectivity index (χ1v) is 7.24. The van der Waals surface area contributed by atoms with Crippen LogP contribution in [0.3, 0.4) is 0 Å². The van der Waals surface area contributed by atoms with E-state index in [0.29, 0.717) is 37.4 Å². The smallest absolute Gasteiger partial charge is 0.414 e. The largest absolute Gasteiger partial charge is 0.441 e. The van der Waals surface area contributed by atoms with E-state index >= 15 is 0 Å². The van der Waals surface area contributed by atoms with Gasteiger partial charge in [-0.1, -0.05) is 12.7 Å². The molecule has 124 valence electrons. The number of cyclic esters (lactones) is 1. The van der Waals surface area contributed by atoms with E-state index in [2.05, 4.69) is 11.7 Å². The van der Waals surface area contributed by atoms with Crippen molar-refractivity contribution in [3.8, 4) is 0 Å². The van der Waals surface area contributed by atoms with E-state index in [4.69, 9.17) is 9.84 Å². The molecule has 1 unspecified atom stereocenters. The van der Waals surface area contributed by atoms with Crippen LogP contribution in [0, 0.1) is 0 Å². The fourth-order valence-electron chi connectivity index (χ4n) is 2.20. The molecule has 0 spiro atoms. The summed E-state index contributed by atoms with van der Waals surface area (Å²) in [5.74, 6) is 0. The van der Waals surface area contributed by atoms with Gasteiger partial charge in [0.25, 0.3) is 0 Å². The van der Waals surface area contributed by atoms with Gasteiger partial charge in [-0.25, -0.2) is 9.80 Å². The minimum Gasteiger partial charge on any atom is -0.441 e. The van der Waals surface area contributed by atoms with Crippen molar-refractivity contribution in [2.24, 2.45) is 5.10 Å². The first-order valence-electron chi connectivity index (χ1n) is 7.24. The third-order valence-electron chi connectivity index (χ3n) is 3.53. The van der Waals surface area contributed by atoms with Gasteiger partial charge in [-0.05, 0) is 19.1 Å². The number of aliphatic hydroxyl groups excluding tert-OH is 1. The maximum atomic E-state index is 11.8. The van der Waals surface area contributed by atoms with Crippen molar-refractivity contribution in [3.05, 3.63) is 36.2 Å². The van der Waals surface area contributed by atoms with Crippen LogP contribution in [0.15, 0.2) is 41.3 Å². The van der Waals surface area contributed by atoms with Gasteiger partial charge in [0.1, 0.15) is 12.4 Å². The van der Waals surface area contributed by atoms with Crippen molar-refractivity contribution in [2.75, 3.05) is 26.2 Å². The number of aliphatic hydroxyl groups is 1. The summed E-state index contributed by atoms with van der Waals surface area (Å²) in [6.45, 7) is 6.95. The average molecular weight is 320 g/mol. The molecular formula is C15H20N4O4. The minimum atomic E-state index is -0.502. The molecule has 0 radical (unpaired) electrons. The highest BCUT2D eigenvalue weighted by atomic mass is 16.6. The maximum absolute atomic E-state index is 11.8. The number of amides is 2. The van der Waals surface area contributed by atoms with Gasteiger partial charge in [0, 0.05) is 17.9 Å². The molecule has 1 saturated heterocycles. The Labute approximate surface area is 134 Å². The molecule has 2 aliphatic rings. The van der Waals surface area contributed by atoms with Gasteiger partial charge in [0.2, 0.25) is 6.41 Å². The maximum Gasteiger partial charge on any atom is 0.414 e. The highest BCUT2D eigenvalue weighted by Crippen LogP contribution is 2.18. The zero-order valence-corrected chi connectivity index (χ0v) is 13.0. The molecule has 1 fully saturated rings. The molecule has 2 amide bonds. The molecule has 2 heterocycles. The van der Waals surface area contributed by atoms with Gasteiger partial charge in [-0.2, -0.15) is 5.10 Å². The van der Waals surface area contributed by atoms with Gasteiger partial charge >= 0.3 is 6.09 Å². The molecule has 23 heavy (non-hydrogen) atoms. The first kappa shape index (κ1) is 16.8. The van der Waals surface area contributed by atoms with Gasteiger partial charge in [-0.3, -0.25) is 9.69 Å². The lowest BCUT2D eigenvalue weighted by Gasteiger charge is -2.26. The number of rotatable bonds is 6. The van der Waals surface area contributed by atoms with Crippen LogP contribution < -0.4 is 0 Å². The summed E-state index contributed by atoms with van der Waals surface area (Å²) >= 11 is 0. The van der Waals surface area contributed by atoms with Gasteiger partial charge in [0.15, 0.2) is 0 Å². The van der Waals surface area contributed by atoms with Crippen LogP contribution in [0.1, 0.15) is 6.92 Å². The molecular weight excluding hydrogens is 300 g/mol. The second-order valence-electron chi connectivity index (χ2n) is 5.03. The van der Waals surface area contributed by atoms with Crippen molar-refractivity contribution in [3.63, 3.8) is 0 Å². The Hall–Kier alpha value is -2.61. The zero-order valence-electron chi connectivity index (χ0n) is 13.0. The molecule has 1 N–H and O–H groups in total. The van der Waals surface area contributed by atoms with E-state index in [-0.39, 0.29) is 6.61 Å². The summed E-state index contributed by atoms with van der Waals surface area (Å²) in [5.41, 5.74) is 1.35. The van der Waals surface area contributed by atoms with E-state index in [0.717, 1.165) is 0 Å². The summed E-state index contributed by atoms with van der Waals surface area (Å²) in [6, 6.07) is 0.